The molecule has 21 heavy (non-hydrogen) atoms. The molecule has 1 aliphatic rings. The fraction of sp³-hybridized carbons (Fsp3) is 0.235. The van der Waals surface area contributed by atoms with Gasteiger partial charge >= 0.3 is 0 Å². The van der Waals surface area contributed by atoms with Gasteiger partial charge in [0.05, 0.1) is 11.6 Å². The standard InChI is InChI=1S/C17H15F2NO/c18-13-8-9-14(15(19)10-13)17(21)20-16(12-6-7-12)11-4-2-1-3-5-11/h1-5,8-10,12,16H,6-7H2,(H,20,21)/t16-/m0/s1. The lowest BCUT2D eigenvalue weighted by atomic mass is 10.0. The minimum atomic E-state index is -0.838. The first-order valence-corrected chi connectivity index (χ1v) is 6.96. The third-order valence-electron chi connectivity index (χ3n) is 3.71. The van der Waals surface area contributed by atoms with Gasteiger partial charge in [0.25, 0.3) is 5.91 Å². The van der Waals surface area contributed by atoms with Crippen molar-refractivity contribution in [1.82, 2.24) is 5.32 Å². The maximum atomic E-state index is 13.7. The van der Waals surface area contributed by atoms with Crippen molar-refractivity contribution < 1.29 is 13.6 Å². The highest BCUT2D eigenvalue weighted by Crippen LogP contribution is 2.41. The fourth-order valence-corrected chi connectivity index (χ4v) is 2.46. The lowest BCUT2D eigenvalue weighted by Crippen LogP contribution is -2.30. The lowest BCUT2D eigenvalue weighted by Gasteiger charge is -2.19. The number of hydrogen-bond acceptors (Lipinski definition) is 1. The van der Waals surface area contributed by atoms with Crippen LogP contribution < -0.4 is 5.32 Å². The van der Waals surface area contributed by atoms with Gasteiger partial charge in [0.1, 0.15) is 11.6 Å². The molecular weight excluding hydrogens is 272 g/mol. The van der Waals surface area contributed by atoms with E-state index in [0.717, 1.165) is 30.5 Å². The molecule has 0 spiro atoms. The molecule has 1 saturated carbocycles. The Morgan fingerprint density at radius 2 is 1.81 bits per heavy atom. The highest BCUT2D eigenvalue weighted by molar-refractivity contribution is 5.94. The number of rotatable bonds is 4. The molecule has 1 aliphatic carbocycles. The second-order valence-electron chi connectivity index (χ2n) is 5.32. The van der Waals surface area contributed by atoms with Crippen LogP contribution in [0, 0.1) is 17.6 Å². The topological polar surface area (TPSA) is 29.1 Å². The highest BCUT2D eigenvalue weighted by Gasteiger charge is 2.33. The second kappa shape index (κ2) is 5.64. The third-order valence-corrected chi connectivity index (χ3v) is 3.71. The van der Waals surface area contributed by atoms with E-state index in [-0.39, 0.29) is 11.6 Å². The zero-order valence-electron chi connectivity index (χ0n) is 11.4. The maximum absolute atomic E-state index is 13.7. The van der Waals surface area contributed by atoms with Crippen LogP contribution in [0.2, 0.25) is 0 Å². The molecule has 0 aromatic heterocycles. The van der Waals surface area contributed by atoms with Crippen molar-refractivity contribution in [2.75, 3.05) is 0 Å². The Kier molecular flexibility index (Phi) is 3.69. The molecule has 108 valence electrons. The highest BCUT2D eigenvalue weighted by atomic mass is 19.1. The molecule has 1 N–H and O–H groups in total. The summed E-state index contributed by atoms with van der Waals surface area (Å²) in [6.07, 6.45) is 2.09. The van der Waals surface area contributed by atoms with Crippen molar-refractivity contribution in [3.63, 3.8) is 0 Å². The molecule has 4 heteroatoms. The molecule has 0 radical (unpaired) electrons. The zero-order valence-corrected chi connectivity index (χ0v) is 11.4. The average Bonchev–Trinajstić information content (AvgIpc) is 3.30. The average molecular weight is 287 g/mol. The molecular formula is C17H15F2NO. The summed E-state index contributed by atoms with van der Waals surface area (Å²) in [6, 6.07) is 12.5. The number of carbonyl (C=O) groups excluding carboxylic acids is 1. The Morgan fingerprint density at radius 3 is 2.43 bits per heavy atom. The molecule has 1 atom stereocenters. The van der Waals surface area contributed by atoms with E-state index in [9.17, 15) is 13.6 Å². The van der Waals surface area contributed by atoms with Crippen LogP contribution >= 0.6 is 0 Å². The van der Waals surface area contributed by atoms with Gasteiger partial charge in [-0.2, -0.15) is 0 Å². The van der Waals surface area contributed by atoms with Crippen molar-refractivity contribution in [3.8, 4) is 0 Å². The van der Waals surface area contributed by atoms with E-state index in [1.807, 2.05) is 30.3 Å². The van der Waals surface area contributed by atoms with Gasteiger partial charge in [-0.25, -0.2) is 8.78 Å². The van der Waals surface area contributed by atoms with Crippen LogP contribution in [0.4, 0.5) is 8.78 Å². The predicted octanol–water partition coefficient (Wildman–Crippen LogP) is 3.85. The first-order chi connectivity index (χ1) is 10.1. The van der Waals surface area contributed by atoms with Crippen LogP contribution in [0.25, 0.3) is 0 Å². The zero-order chi connectivity index (χ0) is 14.8. The molecule has 2 nitrogen and oxygen atoms in total. The van der Waals surface area contributed by atoms with Gasteiger partial charge in [-0.05, 0) is 36.5 Å². The number of hydrogen-bond donors (Lipinski definition) is 1. The lowest BCUT2D eigenvalue weighted by molar-refractivity contribution is 0.0927. The van der Waals surface area contributed by atoms with Crippen molar-refractivity contribution in [3.05, 3.63) is 71.3 Å². The van der Waals surface area contributed by atoms with Crippen molar-refractivity contribution in [2.24, 2.45) is 5.92 Å². The SMILES string of the molecule is O=C(N[C@@H](c1ccccc1)C1CC1)c1ccc(F)cc1F. The van der Waals surface area contributed by atoms with Gasteiger partial charge in [-0.15, -0.1) is 0 Å². The number of halogens is 2. The van der Waals surface area contributed by atoms with Crippen LogP contribution in [0.3, 0.4) is 0 Å². The van der Waals surface area contributed by atoms with E-state index >= 15 is 0 Å². The first kappa shape index (κ1) is 13.7. The minimum absolute atomic E-state index is 0.122. The molecule has 2 aromatic rings. The van der Waals surface area contributed by atoms with Crippen molar-refractivity contribution in [2.45, 2.75) is 18.9 Å². The Bertz CT molecular complexity index is 653. The van der Waals surface area contributed by atoms with E-state index in [1.54, 1.807) is 0 Å². The molecule has 2 aromatic carbocycles. The van der Waals surface area contributed by atoms with E-state index in [0.29, 0.717) is 5.92 Å². The van der Waals surface area contributed by atoms with Crippen LogP contribution in [-0.2, 0) is 0 Å². The second-order valence-corrected chi connectivity index (χ2v) is 5.32. The minimum Gasteiger partial charge on any atom is -0.345 e. The van der Waals surface area contributed by atoms with Gasteiger partial charge in [-0.3, -0.25) is 4.79 Å². The molecule has 0 aliphatic heterocycles. The molecule has 1 amide bonds. The van der Waals surface area contributed by atoms with Crippen LogP contribution in [0.1, 0.15) is 34.8 Å². The fourth-order valence-electron chi connectivity index (χ4n) is 2.46. The summed E-state index contributed by atoms with van der Waals surface area (Å²) < 4.78 is 26.6. The monoisotopic (exact) mass is 287 g/mol. The van der Waals surface area contributed by atoms with E-state index < -0.39 is 17.5 Å². The molecule has 0 unspecified atom stereocenters. The maximum Gasteiger partial charge on any atom is 0.254 e. The van der Waals surface area contributed by atoms with Gasteiger partial charge in [0.15, 0.2) is 0 Å². The quantitative estimate of drug-likeness (QED) is 0.909. The number of nitrogens with one attached hydrogen (secondary N) is 1. The van der Waals surface area contributed by atoms with Crippen LogP contribution in [0.15, 0.2) is 48.5 Å². The number of benzene rings is 2. The van der Waals surface area contributed by atoms with E-state index in [4.69, 9.17) is 0 Å². The molecule has 0 saturated heterocycles. The summed E-state index contributed by atoms with van der Waals surface area (Å²) in [5.74, 6) is -1.64. The summed E-state index contributed by atoms with van der Waals surface area (Å²) in [5.41, 5.74) is 0.883. The summed E-state index contributed by atoms with van der Waals surface area (Å²) in [4.78, 5) is 12.2. The Hall–Kier alpha value is -2.23. The van der Waals surface area contributed by atoms with Crippen molar-refractivity contribution >= 4 is 5.91 Å². The van der Waals surface area contributed by atoms with E-state index in [1.165, 1.54) is 6.07 Å². The number of amides is 1. The Labute approximate surface area is 121 Å². The first-order valence-electron chi connectivity index (χ1n) is 6.96. The van der Waals surface area contributed by atoms with E-state index in [2.05, 4.69) is 5.32 Å². The molecule has 0 heterocycles. The summed E-state index contributed by atoms with van der Waals surface area (Å²) in [5, 5.41) is 2.87. The summed E-state index contributed by atoms with van der Waals surface area (Å²) in [7, 11) is 0. The molecule has 1 fully saturated rings. The summed E-state index contributed by atoms with van der Waals surface area (Å²) in [6.45, 7) is 0. The van der Waals surface area contributed by atoms with Gasteiger partial charge in [-0.1, -0.05) is 30.3 Å². The molecule has 0 bridgehead atoms. The largest absolute Gasteiger partial charge is 0.345 e. The number of carbonyl (C=O) groups is 1. The Balaban J connectivity index is 1.81. The Morgan fingerprint density at radius 1 is 1.10 bits per heavy atom. The normalized spacial score (nSPS) is 15.5. The summed E-state index contributed by atoms with van der Waals surface area (Å²) >= 11 is 0. The third kappa shape index (κ3) is 3.10. The van der Waals surface area contributed by atoms with Gasteiger partial charge < -0.3 is 5.32 Å². The van der Waals surface area contributed by atoms with Crippen LogP contribution in [0.5, 0.6) is 0 Å². The van der Waals surface area contributed by atoms with Crippen LogP contribution in [-0.4, -0.2) is 5.91 Å². The smallest absolute Gasteiger partial charge is 0.254 e. The van der Waals surface area contributed by atoms with Crippen molar-refractivity contribution in [1.29, 1.82) is 0 Å². The van der Waals surface area contributed by atoms with Gasteiger partial charge in [0, 0.05) is 6.07 Å². The predicted molar refractivity (Wildman–Crippen MR) is 75.7 cm³/mol. The molecule has 3 rings (SSSR count). The van der Waals surface area contributed by atoms with Gasteiger partial charge in [0.2, 0.25) is 0 Å².